The molecule has 0 radical (unpaired) electrons. The molecular weight excluding hydrogens is 136 g/mol. The van der Waals surface area contributed by atoms with Crippen LogP contribution in [0.1, 0.15) is 11.1 Å². The Morgan fingerprint density at radius 1 is 1.27 bits per heavy atom. The van der Waals surface area contributed by atoms with Gasteiger partial charge in [0.25, 0.3) is 0 Å². The summed E-state index contributed by atoms with van der Waals surface area (Å²) in [6.07, 6.45) is 3.62. The highest BCUT2D eigenvalue weighted by molar-refractivity contribution is 5.48. The fourth-order valence-corrected chi connectivity index (χ4v) is 0.822. The summed E-state index contributed by atoms with van der Waals surface area (Å²) < 4.78 is 0. The molecule has 58 valence electrons. The molecule has 11 heavy (non-hydrogen) atoms. The van der Waals surface area contributed by atoms with Gasteiger partial charge in [0.05, 0.1) is 0 Å². The molecule has 0 bridgehead atoms. The minimum Gasteiger partial charge on any atom is -0.331 e. The monoisotopic (exact) mass is 148 g/mol. The van der Waals surface area contributed by atoms with Gasteiger partial charge in [-0.05, 0) is 18.6 Å². The van der Waals surface area contributed by atoms with Crippen molar-refractivity contribution in [3.8, 4) is 0 Å². The molecule has 2 heteroatoms. The topological polar surface area (TPSA) is 38.0 Å². The summed E-state index contributed by atoms with van der Waals surface area (Å²) in [5.74, 6) is 5.07. The lowest BCUT2D eigenvalue weighted by atomic mass is 10.1. The van der Waals surface area contributed by atoms with Gasteiger partial charge >= 0.3 is 0 Å². The molecule has 0 spiro atoms. The van der Waals surface area contributed by atoms with Crippen molar-refractivity contribution in [2.45, 2.75) is 6.92 Å². The summed E-state index contributed by atoms with van der Waals surface area (Å²) in [5, 5.41) is 0. The van der Waals surface area contributed by atoms with Gasteiger partial charge in [-0.15, -0.1) is 0 Å². The van der Waals surface area contributed by atoms with Crippen LogP contribution < -0.4 is 11.3 Å². The first-order valence-corrected chi connectivity index (χ1v) is 3.52. The highest BCUT2D eigenvalue weighted by Gasteiger charge is 1.84. The van der Waals surface area contributed by atoms with Gasteiger partial charge in [-0.2, -0.15) is 0 Å². The molecule has 2 nitrogen and oxygen atoms in total. The average Bonchev–Trinajstić information content (AvgIpc) is 2.04. The third-order valence-corrected chi connectivity index (χ3v) is 1.45. The second-order valence-corrected chi connectivity index (χ2v) is 2.41. The molecule has 0 aromatic heterocycles. The zero-order chi connectivity index (χ0) is 8.10. The molecular formula is C9H12N2. The summed E-state index contributed by atoms with van der Waals surface area (Å²) in [4.78, 5) is 0. The number of rotatable bonds is 2. The summed E-state index contributed by atoms with van der Waals surface area (Å²) >= 11 is 0. The molecule has 1 aromatic carbocycles. The zero-order valence-electron chi connectivity index (χ0n) is 6.54. The van der Waals surface area contributed by atoms with Crippen LogP contribution in [0.25, 0.3) is 6.08 Å². The van der Waals surface area contributed by atoms with Gasteiger partial charge in [0.15, 0.2) is 0 Å². The number of aryl methyl sites for hydroxylation is 1. The molecule has 0 fully saturated rings. The number of hydrogen-bond donors (Lipinski definition) is 2. The fraction of sp³-hybridized carbons (Fsp3) is 0.111. The predicted octanol–water partition coefficient (Wildman–Crippen LogP) is 1.43. The Balaban J connectivity index is 2.73. The van der Waals surface area contributed by atoms with Crippen LogP contribution in [-0.4, -0.2) is 0 Å². The number of nitrogens with two attached hydrogens (primary N) is 1. The summed E-state index contributed by atoms with van der Waals surface area (Å²) in [6.45, 7) is 2.06. The SMILES string of the molecule is Cc1ccc(C=CNN)cc1. The molecule has 0 aliphatic carbocycles. The molecule has 0 amide bonds. The van der Waals surface area contributed by atoms with Crippen LogP contribution in [0, 0.1) is 6.92 Å². The Morgan fingerprint density at radius 2 is 1.91 bits per heavy atom. The first-order chi connectivity index (χ1) is 5.33. The molecule has 3 N–H and O–H groups in total. The lowest BCUT2D eigenvalue weighted by molar-refractivity contribution is 0.974. The maximum Gasteiger partial charge on any atom is 0.0129 e. The lowest BCUT2D eigenvalue weighted by Gasteiger charge is -1.93. The van der Waals surface area contributed by atoms with E-state index in [2.05, 4.69) is 24.5 Å². The van der Waals surface area contributed by atoms with E-state index < -0.39 is 0 Å². The maximum absolute atomic E-state index is 5.07. The number of benzene rings is 1. The van der Waals surface area contributed by atoms with Gasteiger partial charge in [0.1, 0.15) is 0 Å². The Labute approximate surface area is 66.7 Å². The third kappa shape index (κ3) is 2.43. The van der Waals surface area contributed by atoms with Crippen molar-refractivity contribution in [3.63, 3.8) is 0 Å². The van der Waals surface area contributed by atoms with Crippen molar-refractivity contribution >= 4 is 6.08 Å². The molecule has 0 saturated carbocycles. The van der Waals surface area contributed by atoms with Crippen LogP contribution >= 0.6 is 0 Å². The van der Waals surface area contributed by atoms with Crippen molar-refractivity contribution < 1.29 is 0 Å². The lowest BCUT2D eigenvalue weighted by Crippen LogP contribution is -2.12. The summed E-state index contributed by atoms with van der Waals surface area (Å²) in [7, 11) is 0. The second kappa shape index (κ2) is 3.78. The molecule has 1 aromatic rings. The van der Waals surface area contributed by atoms with E-state index in [-0.39, 0.29) is 0 Å². The molecule has 0 aliphatic heterocycles. The third-order valence-electron chi connectivity index (χ3n) is 1.45. The minimum absolute atomic E-state index is 1.15. The van der Waals surface area contributed by atoms with E-state index in [1.165, 1.54) is 5.56 Å². The van der Waals surface area contributed by atoms with Crippen LogP contribution in [0.2, 0.25) is 0 Å². The van der Waals surface area contributed by atoms with Gasteiger partial charge in [-0.3, -0.25) is 5.84 Å². The number of hydrazine groups is 1. The summed E-state index contributed by atoms with van der Waals surface area (Å²) in [6, 6.07) is 8.22. The second-order valence-electron chi connectivity index (χ2n) is 2.41. The Bertz CT molecular complexity index is 236. The quantitative estimate of drug-likeness (QED) is 0.492. The highest BCUT2D eigenvalue weighted by atomic mass is 15.2. The van der Waals surface area contributed by atoms with E-state index in [0.29, 0.717) is 0 Å². The van der Waals surface area contributed by atoms with E-state index in [0.717, 1.165) is 5.56 Å². The number of hydrogen-bond acceptors (Lipinski definition) is 2. The molecule has 0 heterocycles. The van der Waals surface area contributed by atoms with E-state index >= 15 is 0 Å². The van der Waals surface area contributed by atoms with Crippen LogP contribution in [0.15, 0.2) is 30.5 Å². The van der Waals surface area contributed by atoms with Crippen molar-refractivity contribution in [2.75, 3.05) is 0 Å². The Hall–Kier alpha value is -1.28. The average molecular weight is 148 g/mol. The van der Waals surface area contributed by atoms with Crippen LogP contribution in [0.5, 0.6) is 0 Å². The molecule has 0 unspecified atom stereocenters. The molecule has 0 saturated heterocycles. The van der Waals surface area contributed by atoms with E-state index in [4.69, 9.17) is 5.84 Å². The van der Waals surface area contributed by atoms with E-state index in [9.17, 15) is 0 Å². The zero-order valence-corrected chi connectivity index (χ0v) is 6.54. The van der Waals surface area contributed by atoms with Crippen LogP contribution in [0.4, 0.5) is 0 Å². The van der Waals surface area contributed by atoms with E-state index in [1.54, 1.807) is 6.20 Å². The Kier molecular flexibility index (Phi) is 2.69. The van der Waals surface area contributed by atoms with Crippen molar-refractivity contribution in [3.05, 3.63) is 41.6 Å². The molecule has 1 rings (SSSR count). The van der Waals surface area contributed by atoms with Gasteiger partial charge in [0, 0.05) is 6.20 Å². The first kappa shape index (κ1) is 7.82. The van der Waals surface area contributed by atoms with E-state index in [1.807, 2.05) is 18.2 Å². The van der Waals surface area contributed by atoms with Crippen molar-refractivity contribution in [1.29, 1.82) is 0 Å². The Morgan fingerprint density at radius 3 is 2.45 bits per heavy atom. The molecule has 0 atom stereocenters. The highest BCUT2D eigenvalue weighted by Crippen LogP contribution is 2.03. The van der Waals surface area contributed by atoms with Crippen molar-refractivity contribution in [1.82, 2.24) is 5.43 Å². The molecule has 0 aliphatic rings. The fourth-order valence-electron chi connectivity index (χ4n) is 0.822. The van der Waals surface area contributed by atoms with Crippen LogP contribution in [-0.2, 0) is 0 Å². The normalized spacial score (nSPS) is 10.4. The first-order valence-electron chi connectivity index (χ1n) is 3.52. The maximum atomic E-state index is 5.07. The van der Waals surface area contributed by atoms with Crippen molar-refractivity contribution in [2.24, 2.45) is 5.84 Å². The smallest absolute Gasteiger partial charge is 0.0129 e. The minimum atomic E-state index is 1.15. The van der Waals surface area contributed by atoms with Gasteiger partial charge in [0.2, 0.25) is 0 Å². The summed E-state index contributed by atoms with van der Waals surface area (Å²) in [5.41, 5.74) is 4.86. The largest absolute Gasteiger partial charge is 0.331 e. The van der Waals surface area contributed by atoms with Gasteiger partial charge < -0.3 is 5.43 Å². The van der Waals surface area contributed by atoms with Crippen LogP contribution in [0.3, 0.4) is 0 Å². The number of nitrogens with one attached hydrogen (secondary N) is 1. The predicted molar refractivity (Wildman–Crippen MR) is 47.5 cm³/mol. The van der Waals surface area contributed by atoms with Gasteiger partial charge in [-0.25, -0.2) is 0 Å². The standard InChI is InChI=1S/C9H12N2/c1-8-2-4-9(5-3-8)6-7-11-10/h2-7,11H,10H2,1H3. The van der Waals surface area contributed by atoms with Gasteiger partial charge in [-0.1, -0.05) is 29.8 Å².